The maximum absolute atomic E-state index is 12.1. The van der Waals surface area contributed by atoms with Crippen LogP contribution in [0.1, 0.15) is 28.4 Å². The highest BCUT2D eigenvalue weighted by molar-refractivity contribution is 9.11. The number of aromatic hydroxyl groups is 2. The molecule has 0 radical (unpaired) electrons. The largest absolute Gasteiger partial charge is 0.507 e. The minimum atomic E-state index is -0.354. The molecular weight excluding hydrogens is 452 g/mol. The van der Waals surface area contributed by atoms with Crippen LogP contribution in [0.15, 0.2) is 44.3 Å². The Labute approximate surface area is 163 Å². The van der Waals surface area contributed by atoms with E-state index in [2.05, 4.69) is 42.2 Å². The second-order valence-electron chi connectivity index (χ2n) is 5.68. The zero-order valence-electron chi connectivity index (χ0n) is 13.8. The summed E-state index contributed by atoms with van der Waals surface area (Å²) in [5.74, 6) is -0.294. The Morgan fingerprint density at radius 2 is 2.00 bits per heavy atom. The Kier molecular flexibility index (Phi) is 6.61. The first-order chi connectivity index (χ1) is 11.8. The summed E-state index contributed by atoms with van der Waals surface area (Å²) in [5, 5.41) is 22.6. The van der Waals surface area contributed by atoms with Gasteiger partial charge >= 0.3 is 0 Å². The van der Waals surface area contributed by atoms with Gasteiger partial charge in [0.2, 0.25) is 0 Å². The molecule has 0 spiro atoms. The zero-order chi connectivity index (χ0) is 18.6. The molecule has 5 nitrogen and oxygen atoms in total. The van der Waals surface area contributed by atoms with E-state index >= 15 is 0 Å². The van der Waals surface area contributed by atoms with E-state index in [1.165, 1.54) is 0 Å². The second-order valence-corrected chi connectivity index (χ2v) is 7.45. The van der Waals surface area contributed by atoms with Crippen LogP contribution in [-0.2, 0) is 0 Å². The normalized spacial score (nSPS) is 12.3. The molecule has 25 heavy (non-hydrogen) atoms. The number of carbonyl (C=O) groups is 1. The second kappa shape index (κ2) is 8.49. The molecule has 0 aliphatic heterocycles. The van der Waals surface area contributed by atoms with Gasteiger partial charge in [0.1, 0.15) is 11.5 Å². The van der Waals surface area contributed by atoms with Gasteiger partial charge in [-0.05, 0) is 59.6 Å². The van der Waals surface area contributed by atoms with E-state index in [0.29, 0.717) is 16.6 Å². The smallest absolute Gasteiger partial charge is 0.255 e. The van der Waals surface area contributed by atoms with E-state index in [1.807, 2.05) is 13.8 Å². The van der Waals surface area contributed by atoms with Crippen molar-refractivity contribution in [1.82, 2.24) is 5.32 Å². The van der Waals surface area contributed by atoms with Crippen molar-refractivity contribution in [2.75, 3.05) is 6.54 Å². The van der Waals surface area contributed by atoms with Gasteiger partial charge in [0.15, 0.2) is 0 Å². The molecule has 0 saturated heterocycles. The van der Waals surface area contributed by atoms with Gasteiger partial charge in [-0.25, -0.2) is 0 Å². The minimum Gasteiger partial charge on any atom is -0.507 e. The Hall–Kier alpha value is -1.86. The summed E-state index contributed by atoms with van der Waals surface area (Å²) in [6.07, 6.45) is 1.56. The number of phenols is 2. The Morgan fingerprint density at radius 1 is 1.28 bits per heavy atom. The van der Waals surface area contributed by atoms with Crippen LogP contribution in [0.25, 0.3) is 0 Å². The summed E-state index contributed by atoms with van der Waals surface area (Å²) in [5.41, 5.74) is 1.68. The summed E-state index contributed by atoms with van der Waals surface area (Å²) in [6.45, 7) is 3.99. The average molecular weight is 470 g/mol. The molecule has 2 aromatic carbocycles. The van der Waals surface area contributed by atoms with E-state index in [1.54, 1.807) is 36.5 Å². The standard InChI is InChI=1S/C18H18Br2N2O3/c1-10-3-4-14(16(23)5-10)18(25)22-8-11(2)21-9-12-6-13(19)7-15(20)17(12)24/h3-7,9,11,23-24H,8H2,1-2H3,(H,22,25). The van der Waals surface area contributed by atoms with Crippen molar-refractivity contribution in [1.29, 1.82) is 0 Å². The molecule has 132 valence electrons. The van der Waals surface area contributed by atoms with Crippen LogP contribution in [0.4, 0.5) is 0 Å². The van der Waals surface area contributed by atoms with Crippen LogP contribution in [0.5, 0.6) is 11.5 Å². The van der Waals surface area contributed by atoms with Crippen molar-refractivity contribution in [3.8, 4) is 11.5 Å². The Balaban J connectivity index is 1.98. The molecule has 3 N–H and O–H groups in total. The first-order valence-electron chi connectivity index (χ1n) is 7.57. The van der Waals surface area contributed by atoms with E-state index < -0.39 is 0 Å². The lowest BCUT2D eigenvalue weighted by Crippen LogP contribution is -2.30. The topological polar surface area (TPSA) is 81.9 Å². The lowest BCUT2D eigenvalue weighted by atomic mass is 10.1. The molecule has 0 aliphatic carbocycles. The molecule has 1 unspecified atom stereocenters. The fourth-order valence-corrected chi connectivity index (χ4v) is 3.37. The highest BCUT2D eigenvalue weighted by Gasteiger charge is 2.12. The number of nitrogens with zero attached hydrogens (tertiary/aromatic N) is 1. The lowest BCUT2D eigenvalue weighted by molar-refractivity contribution is 0.0949. The number of phenolic OH excluding ortho intramolecular Hbond substituents is 2. The molecule has 1 amide bonds. The number of nitrogens with one attached hydrogen (secondary N) is 1. The van der Waals surface area contributed by atoms with E-state index in [-0.39, 0.29) is 29.0 Å². The van der Waals surface area contributed by atoms with Crippen molar-refractivity contribution >= 4 is 44.0 Å². The third-order valence-corrected chi connectivity index (χ3v) is 4.54. The molecule has 2 aromatic rings. The predicted molar refractivity (Wildman–Crippen MR) is 106 cm³/mol. The highest BCUT2D eigenvalue weighted by atomic mass is 79.9. The predicted octanol–water partition coefficient (Wildman–Crippen LogP) is 4.17. The van der Waals surface area contributed by atoms with Crippen molar-refractivity contribution < 1.29 is 15.0 Å². The van der Waals surface area contributed by atoms with E-state index in [0.717, 1.165) is 10.0 Å². The van der Waals surface area contributed by atoms with Gasteiger partial charge in [0.05, 0.1) is 16.1 Å². The number of hydrogen-bond donors (Lipinski definition) is 3. The summed E-state index contributed by atoms with van der Waals surface area (Å²) in [4.78, 5) is 16.5. The molecule has 0 fully saturated rings. The van der Waals surface area contributed by atoms with Gasteiger partial charge in [-0.3, -0.25) is 9.79 Å². The molecule has 0 heterocycles. The molecule has 0 aliphatic rings. The van der Waals surface area contributed by atoms with Crippen LogP contribution in [0.3, 0.4) is 0 Å². The number of aryl methyl sites for hydroxylation is 1. The average Bonchev–Trinajstić information content (AvgIpc) is 2.54. The van der Waals surface area contributed by atoms with Crippen LogP contribution in [0.2, 0.25) is 0 Å². The van der Waals surface area contributed by atoms with Crippen molar-refractivity contribution in [3.63, 3.8) is 0 Å². The molecule has 0 bridgehead atoms. The van der Waals surface area contributed by atoms with Gasteiger partial charge in [-0.1, -0.05) is 22.0 Å². The summed E-state index contributed by atoms with van der Waals surface area (Å²) < 4.78 is 1.38. The fourth-order valence-electron chi connectivity index (χ4n) is 2.11. The van der Waals surface area contributed by atoms with Crippen LogP contribution < -0.4 is 5.32 Å². The van der Waals surface area contributed by atoms with Gasteiger partial charge < -0.3 is 15.5 Å². The molecule has 0 saturated carbocycles. The van der Waals surface area contributed by atoms with Gasteiger partial charge in [-0.2, -0.15) is 0 Å². The third-order valence-electron chi connectivity index (χ3n) is 3.48. The SMILES string of the molecule is Cc1ccc(C(=O)NCC(C)N=Cc2cc(Br)cc(Br)c2O)c(O)c1. The number of aliphatic imine (C=N–C) groups is 1. The maximum Gasteiger partial charge on any atom is 0.255 e. The lowest BCUT2D eigenvalue weighted by Gasteiger charge is -2.10. The molecule has 2 rings (SSSR count). The fraction of sp³-hybridized carbons (Fsp3) is 0.222. The Bertz CT molecular complexity index is 822. The Morgan fingerprint density at radius 3 is 2.68 bits per heavy atom. The quantitative estimate of drug-likeness (QED) is 0.574. The minimum absolute atomic E-state index is 0.0439. The number of halogens is 2. The zero-order valence-corrected chi connectivity index (χ0v) is 16.9. The van der Waals surface area contributed by atoms with Crippen LogP contribution >= 0.6 is 31.9 Å². The van der Waals surface area contributed by atoms with Crippen LogP contribution in [-0.4, -0.2) is 34.9 Å². The van der Waals surface area contributed by atoms with E-state index in [4.69, 9.17) is 0 Å². The number of benzene rings is 2. The first kappa shape index (κ1) is 19.5. The third kappa shape index (κ3) is 5.31. The van der Waals surface area contributed by atoms with Crippen molar-refractivity contribution in [3.05, 3.63) is 56.0 Å². The highest BCUT2D eigenvalue weighted by Crippen LogP contribution is 2.30. The molecule has 7 heteroatoms. The first-order valence-corrected chi connectivity index (χ1v) is 9.15. The molecule has 1 atom stereocenters. The summed E-state index contributed by atoms with van der Waals surface area (Å²) in [7, 11) is 0. The molecular formula is C18H18Br2N2O3. The van der Waals surface area contributed by atoms with E-state index in [9.17, 15) is 15.0 Å². The van der Waals surface area contributed by atoms with Gasteiger partial charge in [0, 0.05) is 22.8 Å². The van der Waals surface area contributed by atoms with Gasteiger partial charge in [0.25, 0.3) is 5.91 Å². The van der Waals surface area contributed by atoms with Crippen molar-refractivity contribution in [2.45, 2.75) is 19.9 Å². The monoisotopic (exact) mass is 468 g/mol. The van der Waals surface area contributed by atoms with Crippen molar-refractivity contribution in [2.24, 2.45) is 4.99 Å². The number of rotatable bonds is 5. The van der Waals surface area contributed by atoms with Crippen LogP contribution in [0, 0.1) is 6.92 Å². The maximum atomic E-state index is 12.1. The van der Waals surface area contributed by atoms with Gasteiger partial charge in [-0.15, -0.1) is 0 Å². The number of amides is 1. The molecule has 0 aromatic heterocycles. The number of hydrogen-bond acceptors (Lipinski definition) is 4. The summed E-state index contributed by atoms with van der Waals surface area (Å²) >= 11 is 6.63. The number of carbonyl (C=O) groups excluding carboxylic acids is 1. The summed E-state index contributed by atoms with van der Waals surface area (Å²) in [6, 6.07) is 8.19.